The molecule has 0 spiro atoms. The molecule has 2 aliphatic rings. The molecule has 6 heteroatoms. The number of aryl methyl sites for hydroxylation is 1. The van der Waals surface area contributed by atoms with Crippen LogP contribution in [0.1, 0.15) is 46.5 Å². The van der Waals surface area contributed by atoms with Gasteiger partial charge in [0.1, 0.15) is 5.75 Å². The first-order valence-corrected chi connectivity index (χ1v) is 9.76. The molecule has 0 amide bonds. The molecule has 2 atom stereocenters. The number of hydrogen-bond donors (Lipinski definition) is 0. The van der Waals surface area contributed by atoms with Crippen molar-refractivity contribution < 1.29 is 17.9 Å². The van der Waals surface area contributed by atoms with E-state index in [2.05, 4.69) is 0 Å². The Kier molecular flexibility index (Phi) is 4.31. The summed E-state index contributed by atoms with van der Waals surface area (Å²) in [7, 11) is 0. The van der Waals surface area contributed by atoms with Crippen molar-refractivity contribution in [2.75, 3.05) is 0 Å². The normalized spacial score (nSPS) is 20.3. The fourth-order valence-electron chi connectivity index (χ4n) is 4.01. The number of halogens is 3. The van der Waals surface area contributed by atoms with E-state index in [9.17, 15) is 13.2 Å². The Hall–Kier alpha value is -3.28. The van der Waals surface area contributed by atoms with Gasteiger partial charge in [-0.3, -0.25) is 0 Å². The smallest absolute Gasteiger partial charge is 0.416 e. The van der Waals surface area contributed by atoms with E-state index in [0.29, 0.717) is 12.0 Å². The van der Waals surface area contributed by atoms with Gasteiger partial charge in [-0.15, -0.1) is 0 Å². The van der Waals surface area contributed by atoms with Crippen LogP contribution in [0, 0.1) is 6.92 Å². The van der Waals surface area contributed by atoms with Crippen LogP contribution in [0.4, 0.5) is 13.2 Å². The summed E-state index contributed by atoms with van der Waals surface area (Å²) in [6, 6.07) is 21.1. The van der Waals surface area contributed by atoms with Gasteiger partial charge in [-0.25, -0.2) is 5.01 Å². The maximum Gasteiger partial charge on any atom is 0.416 e. The zero-order chi connectivity index (χ0) is 20.9. The standard InChI is InChI=1S/C24H19F3N2O/c1-15-6-8-16(9-7-15)20-14-21-19-4-2-3-5-22(19)30-23(29(21)28-20)17-10-12-18(13-11-17)24(25,26)27/h2-13,21,23H,14H2,1H3/t21-,23-/m0/s1. The fraction of sp³-hybridized carbons (Fsp3) is 0.208. The zero-order valence-electron chi connectivity index (χ0n) is 16.2. The van der Waals surface area contributed by atoms with Crippen LogP contribution in [0.25, 0.3) is 0 Å². The lowest BCUT2D eigenvalue weighted by molar-refractivity contribution is -0.137. The minimum absolute atomic E-state index is 0.0291. The van der Waals surface area contributed by atoms with Gasteiger partial charge in [-0.2, -0.15) is 18.3 Å². The molecule has 0 aromatic heterocycles. The second-order valence-electron chi connectivity index (χ2n) is 7.64. The Morgan fingerprint density at radius 1 is 0.933 bits per heavy atom. The monoisotopic (exact) mass is 408 g/mol. The van der Waals surface area contributed by atoms with Gasteiger partial charge in [0.2, 0.25) is 6.23 Å². The number of para-hydroxylation sites is 1. The predicted octanol–water partition coefficient (Wildman–Crippen LogP) is 6.26. The van der Waals surface area contributed by atoms with Crippen molar-refractivity contribution in [1.82, 2.24) is 5.01 Å². The van der Waals surface area contributed by atoms with E-state index in [4.69, 9.17) is 9.84 Å². The van der Waals surface area contributed by atoms with Gasteiger partial charge in [0, 0.05) is 17.5 Å². The second kappa shape index (κ2) is 6.90. The maximum absolute atomic E-state index is 13.0. The van der Waals surface area contributed by atoms with Crippen molar-refractivity contribution in [3.8, 4) is 5.75 Å². The average molecular weight is 408 g/mol. The Morgan fingerprint density at radius 3 is 2.33 bits per heavy atom. The van der Waals surface area contributed by atoms with E-state index >= 15 is 0 Å². The maximum atomic E-state index is 13.0. The van der Waals surface area contributed by atoms with Gasteiger partial charge in [0.25, 0.3) is 0 Å². The van der Waals surface area contributed by atoms with Gasteiger partial charge in [0.05, 0.1) is 17.3 Å². The number of rotatable bonds is 2. The molecule has 0 radical (unpaired) electrons. The Bertz CT molecular complexity index is 1100. The largest absolute Gasteiger partial charge is 0.464 e. The topological polar surface area (TPSA) is 24.8 Å². The van der Waals surface area contributed by atoms with Gasteiger partial charge in [0.15, 0.2) is 0 Å². The molecule has 3 aromatic carbocycles. The number of ether oxygens (including phenoxy) is 1. The molecule has 0 saturated carbocycles. The molecule has 2 aliphatic heterocycles. The van der Waals surface area contributed by atoms with Crippen molar-refractivity contribution >= 4 is 5.71 Å². The minimum atomic E-state index is -4.37. The fourth-order valence-corrected chi connectivity index (χ4v) is 4.01. The molecule has 152 valence electrons. The van der Waals surface area contributed by atoms with Crippen LogP contribution in [0.2, 0.25) is 0 Å². The first-order chi connectivity index (χ1) is 14.4. The van der Waals surface area contributed by atoms with Crippen molar-refractivity contribution in [3.05, 3.63) is 101 Å². The SMILES string of the molecule is Cc1ccc(C2=NN3[C@@H](C2)c2ccccc2O[C@H]3c2ccc(C(F)(F)F)cc2)cc1. The Labute approximate surface area is 172 Å². The third-order valence-corrected chi connectivity index (χ3v) is 5.61. The lowest BCUT2D eigenvalue weighted by Gasteiger charge is -2.38. The molecule has 0 unspecified atom stereocenters. The van der Waals surface area contributed by atoms with Gasteiger partial charge >= 0.3 is 6.18 Å². The van der Waals surface area contributed by atoms with Crippen molar-refractivity contribution in [2.24, 2.45) is 5.10 Å². The van der Waals surface area contributed by atoms with Gasteiger partial charge in [-0.1, -0.05) is 60.2 Å². The molecule has 0 bridgehead atoms. The van der Waals surface area contributed by atoms with Crippen LogP contribution < -0.4 is 4.74 Å². The van der Waals surface area contributed by atoms with Crippen molar-refractivity contribution in [3.63, 3.8) is 0 Å². The predicted molar refractivity (Wildman–Crippen MR) is 108 cm³/mol. The first kappa shape index (κ1) is 18.7. The molecule has 0 fully saturated rings. The summed E-state index contributed by atoms with van der Waals surface area (Å²) in [5, 5.41) is 6.72. The number of benzene rings is 3. The minimum Gasteiger partial charge on any atom is -0.464 e. The zero-order valence-corrected chi connectivity index (χ0v) is 16.2. The molecule has 0 aliphatic carbocycles. The number of hydrazone groups is 1. The molecular weight excluding hydrogens is 389 g/mol. The molecule has 3 nitrogen and oxygen atoms in total. The highest BCUT2D eigenvalue weighted by molar-refractivity contribution is 6.02. The summed E-state index contributed by atoms with van der Waals surface area (Å²) < 4.78 is 45.1. The highest BCUT2D eigenvalue weighted by atomic mass is 19.4. The van der Waals surface area contributed by atoms with Crippen LogP contribution in [0.15, 0.2) is 77.9 Å². The quantitative estimate of drug-likeness (QED) is 0.500. The van der Waals surface area contributed by atoms with Gasteiger partial charge < -0.3 is 4.74 Å². The van der Waals surface area contributed by atoms with Crippen LogP contribution in [-0.2, 0) is 6.18 Å². The van der Waals surface area contributed by atoms with Crippen molar-refractivity contribution in [1.29, 1.82) is 0 Å². The van der Waals surface area contributed by atoms with E-state index < -0.39 is 18.0 Å². The lowest BCUT2D eigenvalue weighted by Crippen LogP contribution is -2.33. The first-order valence-electron chi connectivity index (χ1n) is 9.76. The van der Waals surface area contributed by atoms with Crippen LogP contribution in [-0.4, -0.2) is 10.7 Å². The third-order valence-electron chi connectivity index (χ3n) is 5.61. The second-order valence-corrected chi connectivity index (χ2v) is 7.64. The molecule has 5 rings (SSSR count). The molecule has 2 heterocycles. The average Bonchev–Trinajstić information content (AvgIpc) is 3.19. The van der Waals surface area contributed by atoms with E-state index in [1.165, 1.54) is 17.7 Å². The molecule has 3 aromatic rings. The highest BCUT2D eigenvalue weighted by Crippen LogP contribution is 2.47. The van der Waals surface area contributed by atoms with Crippen molar-refractivity contribution in [2.45, 2.75) is 31.8 Å². The van der Waals surface area contributed by atoms with E-state index in [1.54, 1.807) is 0 Å². The summed E-state index contributed by atoms with van der Waals surface area (Å²) >= 11 is 0. The summed E-state index contributed by atoms with van der Waals surface area (Å²) in [5.74, 6) is 0.740. The van der Waals surface area contributed by atoms with Gasteiger partial charge in [-0.05, 0) is 30.7 Å². The number of nitrogens with zero attached hydrogens (tertiary/aromatic N) is 2. The summed E-state index contributed by atoms with van der Waals surface area (Å²) in [4.78, 5) is 0. The van der Waals surface area contributed by atoms with Crippen LogP contribution in [0.3, 0.4) is 0 Å². The van der Waals surface area contributed by atoms with Crippen LogP contribution in [0.5, 0.6) is 5.75 Å². The van der Waals surface area contributed by atoms with E-state index in [1.807, 2.05) is 60.5 Å². The summed E-state index contributed by atoms with van der Waals surface area (Å²) in [6.07, 6.45) is -4.25. The molecular formula is C24H19F3N2O. The molecule has 30 heavy (non-hydrogen) atoms. The molecule has 0 saturated heterocycles. The summed E-state index contributed by atoms with van der Waals surface area (Å²) in [5.41, 5.74) is 4.15. The van der Waals surface area contributed by atoms with E-state index in [0.717, 1.165) is 34.7 Å². The third kappa shape index (κ3) is 3.22. The van der Waals surface area contributed by atoms with E-state index in [-0.39, 0.29) is 6.04 Å². The Balaban J connectivity index is 1.55. The number of fused-ring (bicyclic) bond motifs is 3. The highest BCUT2D eigenvalue weighted by Gasteiger charge is 2.41. The van der Waals surface area contributed by atoms with Crippen LogP contribution >= 0.6 is 0 Å². The number of hydrogen-bond acceptors (Lipinski definition) is 3. The lowest BCUT2D eigenvalue weighted by atomic mass is 9.95. The summed E-state index contributed by atoms with van der Waals surface area (Å²) in [6.45, 7) is 2.04. The Morgan fingerprint density at radius 2 is 1.63 bits per heavy atom. The number of alkyl halides is 3. The molecule has 0 N–H and O–H groups in total.